The average molecular weight is 372 g/mol. The monoisotopic (exact) mass is 372 g/mol. The zero-order valence-corrected chi connectivity index (χ0v) is 15.4. The highest BCUT2D eigenvalue weighted by Crippen LogP contribution is 2.25. The first-order chi connectivity index (χ1) is 13.6. The summed E-state index contributed by atoms with van der Waals surface area (Å²) >= 11 is 0. The van der Waals surface area contributed by atoms with Crippen LogP contribution in [0.15, 0.2) is 72.1 Å². The lowest BCUT2D eigenvalue weighted by atomic mass is 10.0. The SMILES string of the molecule is C[C@H](Cn1cnc2ccccc21)C(=O)N/N=C\c1c(O)ccc2ccccc12. The van der Waals surface area contributed by atoms with Crippen LogP contribution in [0, 0.1) is 5.92 Å². The quantitative estimate of drug-likeness (QED) is 0.414. The summed E-state index contributed by atoms with van der Waals surface area (Å²) in [5.74, 6) is -0.376. The molecule has 0 spiro atoms. The average Bonchev–Trinajstić information content (AvgIpc) is 3.12. The van der Waals surface area contributed by atoms with Crippen molar-refractivity contribution in [2.45, 2.75) is 13.5 Å². The second-order valence-electron chi connectivity index (χ2n) is 6.74. The topological polar surface area (TPSA) is 79.5 Å². The standard InChI is InChI=1S/C22H20N4O2/c1-15(13-26-14-23-19-8-4-5-9-20(19)26)22(28)25-24-12-18-17-7-3-2-6-16(17)10-11-21(18)27/h2-12,14-15,27H,13H2,1H3,(H,25,28)/b24-12-/t15-/m1/s1. The minimum absolute atomic E-state index is 0.120. The largest absolute Gasteiger partial charge is 0.507 e. The van der Waals surface area contributed by atoms with Gasteiger partial charge < -0.3 is 9.67 Å². The van der Waals surface area contributed by atoms with Gasteiger partial charge in [-0.05, 0) is 29.0 Å². The number of nitrogens with zero attached hydrogens (tertiary/aromatic N) is 3. The molecule has 6 nitrogen and oxygen atoms in total. The predicted octanol–water partition coefficient (Wildman–Crippen LogP) is 3.68. The van der Waals surface area contributed by atoms with Crippen LogP contribution in [-0.4, -0.2) is 26.8 Å². The molecular formula is C22H20N4O2. The molecule has 1 heterocycles. The van der Waals surface area contributed by atoms with E-state index in [0.717, 1.165) is 21.8 Å². The molecule has 3 aromatic carbocycles. The third-order valence-corrected chi connectivity index (χ3v) is 4.76. The first-order valence-corrected chi connectivity index (χ1v) is 9.07. The number of phenolic OH excluding ortho intramolecular Hbond substituents is 1. The van der Waals surface area contributed by atoms with E-state index in [4.69, 9.17) is 0 Å². The molecule has 0 aliphatic rings. The Hall–Kier alpha value is -3.67. The van der Waals surface area contributed by atoms with Crippen molar-refractivity contribution < 1.29 is 9.90 Å². The molecule has 6 heteroatoms. The van der Waals surface area contributed by atoms with Gasteiger partial charge in [-0.2, -0.15) is 5.10 Å². The van der Waals surface area contributed by atoms with Crippen molar-refractivity contribution >= 4 is 33.9 Å². The van der Waals surface area contributed by atoms with E-state index in [1.165, 1.54) is 6.21 Å². The summed E-state index contributed by atoms with van der Waals surface area (Å²) in [7, 11) is 0. The van der Waals surface area contributed by atoms with Gasteiger partial charge in [0.15, 0.2) is 0 Å². The number of carbonyl (C=O) groups is 1. The minimum atomic E-state index is -0.295. The Bertz CT molecular complexity index is 1180. The number of aromatic hydroxyl groups is 1. The van der Waals surface area contributed by atoms with E-state index in [-0.39, 0.29) is 17.6 Å². The number of carbonyl (C=O) groups excluding carboxylic acids is 1. The number of amides is 1. The van der Waals surface area contributed by atoms with Gasteiger partial charge >= 0.3 is 0 Å². The van der Waals surface area contributed by atoms with E-state index < -0.39 is 0 Å². The number of rotatable bonds is 5. The van der Waals surface area contributed by atoms with E-state index in [0.29, 0.717) is 12.1 Å². The Morgan fingerprint density at radius 2 is 1.96 bits per heavy atom. The normalized spacial score (nSPS) is 12.6. The summed E-state index contributed by atoms with van der Waals surface area (Å²) < 4.78 is 1.96. The Kier molecular flexibility index (Phi) is 4.76. The molecule has 0 unspecified atom stereocenters. The molecule has 1 aromatic heterocycles. The first kappa shape index (κ1) is 17.7. The number of aromatic nitrogens is 2. The van der Waals surface area contributed by atoms with Crippen LogP contribution in [0.25, 0.3) is 21.8 Å². The number of hydrogen-bond acceptors (Lipinski definition) is 4. The second kappa shape index (κ2) is 7.52. The summed E-state index contributed by atoms with van der Waals surface area (Å²) in [5.41, 5.74) is 5.04. The van der Waals surface area contributed by atoms with Gasteiger partial charge in [-0.1, -0.05) is 49.4 Å². The highest BCUT2D eigenvalue weighted by atomic mass is 16.3. The van der Waals surface area contributed by atoms with Crippen molar-refractivity contribution in [1.82, 2.24) is 15.0 Å². The maximum atomic E-state index is 12.4. The minimum Gasteiger partial charge on any atom is -0.507 e. The maximum absolute atomic E-state index is 12.4. The Labute approximate surface area is 162 Å². The number of imidazole rings is 1. The summed E-state index contributed by atoms with van der Waals surface area (Å²) in [6.07, 6.45) is 3.22. The van der Waals surface area contributed by atoms with Gasteiger partial charge in [0.05, 0.1) is 29.5 Å². The maximum Gasteiger partial charge on any atom is 0.244 e. The Balaban J connectivity index is 1.46. The third kappa shape index (κ3) is 3.44. The molecule has 0 aliphatic heterocycles. The van der Waals surface area contributed by atoms with E-state index in [1.807, 2.05) is 66.1 Å². The van der Waals surface area contributed by atoms with Crippen molar-refractivity contribution in [2.24, 2.45) is 11.0 Å². The third-order valence-electron chi connectivity index (χ3n) is 4.76. The van der Waals surface area contributed by atoms with Crippen molar-refractivity contribution in [3.63, 3.8) is 0 Å². The number of para-hydroxylation sites is 2. The molecule has 0 radical (unpaired) electrons. The van der Waals surface area contributed by atoms with Crippen LogP contribution in [0.4, 0.5) is 0 Å². The van der Waals surface area contributed by atoms with Gasteiger partial charge in [-0.3, -0.25) is 4.79 Å². The van der Waals surface area contributed by atoms with E-state index >= 15 is 0 Å². The highest BCUT2D eigenvalue weighted by Gasteiger charge is 2.14. The fourth-order valence-electron chi connectivity index (χ4n) is 3.22. The molecule has 0 fully saturated rings. The van der Waals surface area contributed by atoms with E-state index in [1.54, 1.807) is 12.4 Å². The van der Waals surface area contributed by atoms with Crippen LogP contribution in [0.2, 0.25) is 0 Å². The molecule has 4 aromatic rings. The number of hydrazone groups is 1. The summed E-state index contributed by atoms with van der Waals surface area (Å²) in [4.78, 5) is 16.8. The van der Waals surface area contributed by atoms with Crippen molar-refractivity contribution in [3.05, 3.63) is 72.6 Å². The molecule has 0 aliphatic carbocycles. The molecule has 1 amide bonds. The van der Waals surface area contributed by atoms with Gasteiger partial charge in [0.1, 0.15) is 5.75 Å². The van der Waals surface area contributed by atoms with Gasteiger partial charge in [0, 0.05) is 12.1 Å². The fraction of sp³-hybridized carbons (Fsp3) is 0.136. The lowest BCUT2D eigenvalue weighted by molar-refractivity contribution is -0.124. The summed E-state index contributed by atoms with van der Waals surface area (Å²) in [6.45, 7) is 2.34. The molecule has 28 heavy (non-hydrogen) atoms. The number of nitrogens with one attached hydrogen (secondary N) is 1. The van der Waals surface area contributed by atoms with Crippen molar-refractivity contribution in [3.8, 4) is 5.75 Å². The fourth-order valence-corrected chi connectivity index (χ4v) is 3.22. The zero-order chi connectivity index (χ0) is 19.5. The molecule has 0 bridgehead atoms. The zero-order valence-electron chi connectivity index (χ0n) is 15.4. The molecule has 0 saturated heterocycles. The lowest BCUT2D eigenvalue weighted by Gasteiger charge is -2.11. The number of hydrogen-bond donors (Lipinski definition) is 2. The number of phenols is 1. The first-order valence-electron chi connectivity index (χ1n) is 9.07. The number of fused-ring (bicyclic) bond motifs is 2. The molecule has 0 saturated carbocycles. The van der Waals surface area contributed by atoms with Crippen LogP contribution in [0.5, 0.6) is 5.75 Å². The summed E-state index contributed by atoms with van der Waals surface area (Å²) in [6, 6.07) is 19.0. The van der Waals surface area contributed by atoms with Gasteiger partial charge in [-0.15, -0.1) is 0 Å². The Morgan fingerprint density at radius 1 is 1.18 bits per heavy atom. The number of benzene rings is 3. The van der Waals surface area contributed by atoms with E-state index in [9.17, 15) is 9.90 Å². The van der Waals surface area contributed by atoms with Crippen LogP contribution in [0.1, 0.15) is 12.5 Å². The van der Waals surface area contributed by atoms with E-state index in [2.05, 4.69) is 15.5 Å². The molecule has 140 valence electrons. The molecule has 2 N–H and O–H groups in total. The van der Waals surface area contributed by atoms with Crippen molar-refractivity contribution in [2.75, 3.05) is 0 Å². The van der Waals surface area contributed by atoms with Crippen LogP contribution >= 0.6 is 0 Å². The molecular weight excluding hydrogens is 352 g/mol. The molecule has 1 atom stereocenters. The molecule has 4 rings (SSSR count). The van der Waals surface area contributed by atoms with Crippen LogP contribution in [-0.2, 0) is 11.3 Å². The Morgan fingerprint density at radius 3 is 2.86 bits per heavy atom. The van der Waals surface area contributed by atoms with Crippen LogP contribution < -0.4 is 5.43 Å². The van der Waals surface area contributed by atoms with Crippen LogP contribution in [0.3, 0.4) is 0 Å². The highest BCUT2D eigenvalue weighted by molar-refractivity contribution is 6.02. The van der Waals surface area contributed by atoms with Gasteiger partial charge in [-0.25, -0.2) is 10.4 Å². The predicted molar refractivity (Wildman–Crippen MR) is 110 cm³/mol. The second-order valence-corrected chi connectivity index (χ2v) is 6.74. The summed E-state index contributed by atoms with van der Waals surface area (Å²) in [5, 5.41) is 16.1. The van der Waals surface area contributed by atoms with Gasteiger partial charge in [0.2, 0.25) is 5.91 Å². The lowest BCUT2D eigenvalue weighted by Crippen LogP contribution is -2.28. The van der Waals surface area contributed by atoms with Crippen molar-refractivity contribution in [1.29, 1.82) is 0 Å². The smallest absolute Gasteiger partial charge is 0.244 e. The van der Waals surface area contributed by atoms with Gasteiger partial charge in [0.25, 0.3) is 0 Å².